The smallest absolute Gasteiger partial charge is 0.127 e. The van der Waals surface area contributed by atoms with E-state index in [1.165, 1.54) is 31.7 Å². The van der Waals surface area contributed by atoms with Crippen molar-refractivity contribution in [3.8, 4) is 0 Å². The monoisotopic (exact) mass is 207 g/mol. The Labute approximate surface area is 91.5 Å². The first-order chi connectivity index (χ1) is 7.24. The molecule has 15 heavy (non-hydrogen) atoms. The fourth-order valence-corrected chi connectivity index (χ4v) is 2.20. The number of benzene rings is 1. The summed E-state index contributed by atoms with van der Waals surface area (Å²) in [5, 5.41) is 0. The van der Waals surface area contributed by atoms with Gasteiger partial charge in [-0.05, 0) is 12.1 Å². The molecule has 4 N–H and O–H groups in total. The van der Waals surface area contributed by atoms with Crippen LogP contribution in [0.25, 0.3) is 0 Å². The Hall–Kier alpha value is -1.06. The lowest BCUT2D eigenvalue weighted by Crippen LogP contribution is -3.26. The molecule has 1 aliphatic rings. The van der Waals surface area contributed by atoms with E-state index in [1.807, 2.05) is 12.1 Å². The molecule has 1 fully saturated rings. The van der Waals surface area contributed by atoms with Crippen molar-refractivity contribution < 1.29 is 9.80 Å². The Balaban J connectivity index is 1.92. The molecule has 1 aromatic rings. The quantitative estimate of drug-likeness (QED) is 0.491. The lowest BCUT2D eigenvalue weighted by molar-refractivity contribution is -1.01. The number of nitrogens with two attached hydrogens (primary N) is 1. The molecule has 0 bridgehead atoms. The molecule has 82 valence electrons. The fraction of sp³-hybridized carbons (Fsp3) is 0.500. The van der Waals surface area contributed by atoms with E-state index in [0.29, 0.717) is 0 Å². The molecule has 0 saturated carbocycles. The van der Waals surface area contributed by atoms with Gasteiger partial charge < -0.3 is 15.5 Å². The van der Waals surface area contributed by atoms with Gasteiger partial charge in [-0.2, -0.15) is 0 Å². The second-order valence-corrected chi connectivity index (χ2v) is 4.63. The lowest BCUT2D eigenvalue weighted by atomic mass is 10.2. The van der Waals surface area contributed by atoms with Crippen molar-refractivity contribution in [3.63, 3.8) is 0 Å². The number of hydrogen-bond donors (Lipinski definition) is 3. The van der Waals surface area contributed by atoms with Gasteiger partial charge >= 0.3 is 0 Å². The van der Waals surface area contributed by atoms with Gasteiger partial charge in [0, 0.05) is 11.3 Å². The minimum atomic E-state index is 0.881. The van der Waals surface area contributed by atoms with E-state index in [2.05, 4.69) is 19.2 Å². The van der Waals surface area contributed by atoms with Crippen LogP contribution < -0.4 is 15.5 Å². The van der Waals surface area contributed by atoms with Crippen LogP contribution in [0.1, 0.15) is 5.56 Å². The second-order valence-electron chi connectivity index (χ2n) is 4.63. The highest BCUT2D eigenvalue weighted by atomic mass is 15.2. The van der Waals surface area contributed by atoms with Crippen molar-refractivity contribution in [2.45, 2.75) is 6.54 Å². The molecule has 1 saturated heterocycles. The van der Waals surface area contributed by atoms with Gasteiger partial charge in [-0.3, -0.25) is 0 Å². The van der Waals surface area contributed by atoms with Crippen LogP contribution in [-0.4, -0.2) is 33.2 Å². The van der Waals surface area contributed by atoms with Crippen molar-refractivity contribution in [1.82, 2.24) is 0 Å². The van der Waals surface area contributed by atoms with E-state index in [9.17, 15) is 0 Å². The molecular weight excluding hydrogens is 186 g/mol. The Morgan fingerprint density at radius 1 is 1.20 bits per heavy atom. The van der Waals surface area contributed by atoms with Crippen molar-refractivity contribution in [2.24, 2.45) is 0 Å². The van der Waals surface area contributed by atoms with Crippen molar-refractivity contribution >= 4 is 5.69 Å². The minimum Gasteiger partial charge on any atom is -0.399 e. The summed E-state index contributed by atoms with van der Waals surface area (Å²) in [7, 11) is 2.28. The summed E-state index contributed by atoms with van der Waals surface area (Å²) in [5.41, 5.74) is 8.02. The van der Waals surface area contributed by atoms with Gasteiger partial charge in [-0.15, -0.1) is 0 Å². The van der Waals surface area contributed by atoms with Crippen LogP contribution in [0.5, 0.6) is 0 Å². The molecule has 1 heterocycles. The molecule has 0 aromatic heterocycles. The van der Waals surface area contributed by atoms with E-state index in [0.717, 1.165) is 12.2 Å². The van der Waals surface area contributed by atoms with Gasteiger partial charge in [0.05, 0.1) is 7.05 Å². The zero-order valence-corrected chi connectivity index (χ0v) is 9.42. The predicted molar refractivity (Wildman–Crippen MR) is 61.9 cm³/mol. The average Bonchev–Trinajstić information content (AvgIpc) is 2.22. The number of anilines is 1. The zero-order valence-electron chi connectivity index (χ0n) is 9.42. The van der Waals surface area contributed by atoms with Crippen LogP contribution in [0.4, 0.5) is 5.69 Å². The van der Waals surface area contributed by atoms with Crippen LogP contribution in [0.3, 0.4) is 0 Å². The summed E-state index contributed by atoms with van der Waals surface area (Å²) in [6.45, 7) is 6.26. The maximum absolute atomic E-state index is 5.77. The minimum absolute atomic E-state index is 0.881. The van der Waals surface area contributed by atoms with Crippen molar-refractivity contribution in [1.29, 1.82) is 0 Å². The largest absolute Gasteiger partial charge is 0.399 e. The third kappa shape index (κ3) is 2.94. The number of likely N-dealkylation sites (N-methyl/N-ethyl adjacent to an activating group) is 1. The highest BCUT2D eigenvalue weighted by Crippen LogP contribution is 2.04. The molecule has 0 amide bonds. The maximum Gasteiger partial charge on any atom is 0.127 e. The summed E-state index contributed by atoms with van der Waals surface area (Å²) < 4.78 is 0. The van der Waals surface area contributed by atoms with Crippen molar-refractivity contribution in [2.75, 3.05) is 39.0 Å². The van der Waals surface area contributed by atoms with E-state index in [-0.39, 0.29) is 0 Å². The molecule has 0 radical (unpaired) electrons. The number of quaternary nitrogens is 2. The third-order valence-electron chi connectivity index (χ3n) is 3.22. The third-order valence-corrected chi connectivity index (χ3v) is 3.22. The van der Waals surface area contributed by atoms with Crippen LogP contribution >= 0.6 is 0 Å². The summed E-state index contributed by atoms with van der Waals surface area (Å²) in [5.74, 6) is 0. The van der Waals surface area contributed by atoms with Crippen LogP contribution in [-0.2, 0) is 6.54 Å². The molecule has 0 aliphatic carbocycles. The fourth-order valence-electron chi connectivity index (χ4n) is 2.20. The average molecular weight is 207 g/mol. The Bertz CT molecular complexity index is 316. The topological polar surface area (TPSA) is 34.9 Å². The molecule has 0 unspecified atom stereocenters. The van der Waals surface area contributed by atoms with E-state index >= 15 is 0 Å². The lowest BCUT2D eigenvalue weighted by Gasteiger charge is -2.27. The first kappa shape index (κ1) is 10.5. The molecule has 3 heteroatoms. The highest BCUT2D eigenvalue weighted by molar-refractivity contribution is 5.40. The molecular formula is C12H21N3+2. The normalized spacial score (nSPS) is 26.5. The van der Waals surface area contributed by atoms with E-state index < -0.39 is 0 Å². The Morgan fingerprint density at radius 3 is 2.60 bits per heavy atom. The van der Waals surface area contributed by atoms with E-state index in [4.69, 9.17) is 5.73 Å². The first-order valence-electron chi connectivity index (χ1n) is 5.73. The number of hydrogen-bond acceptors (Lipinski definition) is 1. The first-order valence-corrected chi connectivity index (χ1v) is 5.73. The summed E-state index contributed by atoms with van der Waals surface area (Å²) in [4.78, 5) is 3.34. The number of nitrogen functional groups attached to an aromatic ring is 1. The molecule has 1 aliphatic heterocycles. The second kappa shape index (κ2) is 4.64. The number of piperazine rings is 1. The van der Waals surface area contributed by atoms with Crippen LogP contribution in [0.15, 0.2) is 24.3 Å². The van der Waals surface area contributed by atoms with Gasteiger partial charge in [-0.1, -0.05) is 12.1 Å². The maximum atomic E-state index is 5.77. The number of nitrogens with one attached hydrogen (secondary N) is 2. The van der Waals surface area contributed by atoms with Gasteiger partial charge in [0.15, 0.2) is 0 Å². The zero-order chi connectivity index (χ0) is 10.7. The SMILES string of the molecule is C[NH+]1CC[NH+](Cc2cccc(N)c2)CC1. The van der Waals surface area contributed by atoms with Gasteiger partial charge in [0.1, 0.15) is 32.7 Å². The van der Waals surface area contributed by atoms with Gasteiger partial charge in [0.25, 0.3) is 0 Å². The Morgan fingerprint density at radius 2 is 1.93 bits per heavy atom. The highest BCUT2D eigenvalue weighted by Gasteiger charge is 2.19. The van der Waals surface area contributed by atoms with Gasteiger partial charge in [0.2, 0.25) is 0 Å². The van der Waals surface area contributed by atoms with Crippen molar-refractivity contribution in [3.05, 3.63) is 29.8 Å². The molecule has 0 spiro atoms. The molecule has 2 rings (SSSR count). The van der Waals surface area contributed by atoms with Gasteiger partial charge in [-0.25, -0.2) is 0 Å². The van der Waals surface area contributed by atoms with Crippen LogP contribution in [0, 0.1) is 0 Å². The summed E-state index contributed by atoms with van der Waals surface area (Å²) >= 11 is 0. The molecule has 1 aromatic carbocycles. The van der Waals surface area contributed by atoms with Crippen LogP contribution in [0.2, 0.25) is 0 Å². The predicted octanol–water partition coefficient (Wildman–Crippen LogP) is -1.82. The summed E-state index contributed by atoms with van der Waals surface area (Å²) in [6.07, 6.45) is 0. The molecule has 0 atom stereocenters. The molecule has 3 nitrogen and oxygen atoms in total. The van der Waals surface area contributed by atoms with E-state index in [1.54, 1.807) is 9.80 Å². The Kier molecular flexibility index (Phi) is 3.23. The standard InChI is InChI=1S/C12H19N3/c1-14-5-7-15(8-6-14)10-11-3-2-4-12(13)9-11/h2-4,9H,5-8,10,13H2,1H3/p+2. The summed E-state index contributed by atoms with van der Waals surface area (Å²) in [6, 6.07) is 8.27. The number of rotatable bonds is 2.